The summed E-state index contributed by atoms with van der Waals surface area (Å²) in [5.74, 6) is -0.556. The molecule has 0 amide bonds. The summed E-state index contributed by atoms with van der Waals surface area (Å²) in [6.45, 7) is 0. The number of esters is 1. The van der Waals surface area contributed by atoms with Crippen molar-refractivity contribution >= 4 is 5.97 Å². The number of hydrogen-bond donors (Lipinski definition) is 1. The predicted molar refractivity (Wildman–Crippen MR) is 30.5 cm³/mol. The van der Waals surface area contributed by atoms with Gasteiger partial charge in [0.25, 0.3) is 0 Å². The van der Waals surface area contributed by atoms with E-state index < -0.39 is 12.0 Å². The SMILES string of the molecule is CNC(C#N)C(=O)OC. The molecular weight excluding hydrogens is 120 g/mol. The number of nitrogens with zero attached hydrogens (tertiary/aromatic N) is 1. The van der Waals surface area contributed by atoms with Crippen LogP contribution in [0.3, 0.4) is 0 Å². The van der Waals surface area contributed by atoms with Crippen molar-refractivity contribution in [2.24, 2.45) is 0 Å². The van der Waals surface area contributed by atoms with Gasteiger partial charge in [0.05, 0.1) is 13.2 Å². The van der Waals surface area contributed by atoms with Crippen molar-refractivity contribution in [3.63, 3.8) is 0 Å². The van der Waals surface area contributed by atoms with Crippen LogP contribution in [0.5, 0.6) is 0 Å². The largest absolute Gasteiger partial charge is 0.467 e. The zero-order valence-electron chi connectivity index (χ0n) is 5.34. The van der Waals surface area contributed by atoms with Crippen LogP contribution in [0.1, 0.15) is 0 Å². The predicted octanol–water partition coefficient (Wildman–Crippen LogP) is -0.729. The second-order valence-corrected chi connectivity index (χ2v) is 1.37. The zero-order valence-corrected chi connectivity index (χ0v) is 5.34. The Bertz CT molecular complexity index is 138. The van der Waals surface area contributed by atoms with Crippen molar-refractivity contribution in [2.75, 3.05) is 14.2 Å². The number of nitrogens with one attached hydrogen (secondary N) is 1. The van der Waals surface area contributed by atoms with E-state index in [-0.39, 0.29) is 0 Å². The third-order valence-corrected chi connectivity index (χ3v) is 0.855. The topological polar surface area (TPSA) is 62.1 Å². The van der Waals surface area contributed by atoms with E-state index in [4.69, 9.17) is 5.26 Å². The van der Waals surface area contributed by atoms with Crippen LogP contribution in [-0.2, 0) is 9.53 Å². The summed E-state index contributed by atoms with van der Waals surface area (Å²) in [7, 11) is 2.76. The summed E-state index contributed by atoms with van der Waals surface area (Å²) in [5.41, 5.74) is 0. The highest BCUT2D eigenvalue weighted by Crippen LogP contribution is 1.81. The smallest absolute Gasteiger partial charge is 0.337 e. The summed E-state index contributed by atoms with van der Waals surface area (Å²) in [6, 6.07) is 0.879. The highest BCUT2D eigenvalue weighted by Gasteiger charge is 2.13. The van der Waals surface area contributed by atoms with Gasteiger partial charge in [0.2, 0.25) is 0 Å². The lowest BCUT2D eigenvalue weighted by Crippen LogP contribution is -2.33. The van der Waals surface area contributed by atoms with Gasteiger partial charge in [-0.2, -0.15) is 5.26 Å². The summed E-state index contributed by atoms with van der Waals surface area (Å²) < 4.78 is 4.27. The molecular formula is C5H8N2O2. The van der Waals surface area contributed by atoms with Crippen molar-refractivity contribution in [1.29, 1.82) is 5.26 Å². The molecule has 0 aromatic rings. The van der Waals surface area contributed by atoms with Gasteiger partial charge in [0, 0.05) is 0 Å². The Morgan fingerprint density at radius 3 is 2.56 bits per heavy atom. The molecule has 4 nitrogen and oxygen atoms in total. The van der Waals surface area contributed by atoms with Crippen molar-refractivity contribution in [2.45, 2.75) is 6.04 Å². The lowest BCUT2D eigenvalue weighted by molar-refractivity contribution is -0.141. The molecule has 0 spiro atoms. The summed E-state index contributed by atoms with van der Waals surface area (Å²) in [6.07, 6.45) is 0. The van der Waals surface area contributed by atoms with E-state index in [1.54, 1.807) is 6.07 Å². The Kier molecular flexibility index (Phi) is 3.40. The van der Waals surface area contributed by atoms with E-state index in [1.165, 1.54) is 14.2 Å². The van der Waals surface area contributed by atoms with Crippen LogP contribution >= 0.6 is 0 Å². The van der Waals surface area contributed by atoms with Crippen LogP contribution in [0.15, 0.2) is 0 Å². The first-order valence-electron chi connectivity index (χ1n) is 2.41. The minimum absolute atomic E-state index is 0.556. The van der Waals surface area contributed by atoms with Crippen molar-refractivity contribution in [1.82, 2.24) is 5.32 Å². The molecule has 0 bridgehead atoms. The van der Waals surface area contributed by atoms with Crippen molar-refractivity contribution in [3.8, 4) is 6.07 Å². The van der Waals surface area contributed by atoms with Gasteiger partial charge in [0.1, 0.15) is 0 Å². The van der Waals surface area contributed by atoms with E-state index >= 15 is 0 Å². The number of ether oxygens (including phenoxy) is 1. The molecule has 9 heavy (non-hydrogen) atoms. The van der Waals surface area contributed by atoms with Crippen LogP contribution < -0.4 is 5.32 Å². The molecule has 0 aromatic heterocycles. The lowest BCUT2D eigenvalue weighted by Gasteiger charge is -2.02. The van der Waals surface area contributed by atoms with Crippen LogP contribution in [0.25, 0.3) is 0 Å². The van der Waals surface area contributed by atoms with Gasteiger partial charge in [-0.3, -0.25) is 5.32 Å². The Morgan fingerprint density at radius 1 is 1.89 bits per heavy atom. The van der Waals surface area contributed by atoms with Gasteiger partial charge in [-0.25, -0.2) is 4.79 Å². The van der Waals surface area contributed by atoms with Gasteiger partial charge in [-0.15, -0.1) is 0 Å². The Morgan fingerprint density at radius 2 is 2.44 bits per heavy atom. The molecule has 0 rings (SSSR count). The monoisotopic (exact) mass is 128 g/mol. The lowest BCUT2D eigenvalue weighted by atomic mass is 10.3. The van der Waals surface area contributed by atoms with Gasteiger partial charge in [-0.05, 0) is 7.05 Å². The molecule has 4 heteroatoms. The summed E-state index contributed by atoms with van der Waals surface area (Å²) in [5, 5.41) is 10.7. The van der Waals surface area contributed by atoms with E-state index in [2.05, 4.69) is 10.1 Å². The first-order chi connectivity index (χ1) is 4.26. The molecule has 0 aliphatic carbocycles. The standard InChI is InChI=1S/C5H8N2O2/c1-7-4(3-6)5(8)9-2/h4,7H,1-2H3. The maximum atomic E-state index is 10.5. The zero-order chi connectivity index (χ0) is 7.28. The quantitative estimate of drug-likeness (QED) is 0.498. The first-order valence-corrected chi connectivity index (χ1v) is 2.41. The molecule has 0 saturated heterocycles. The number of methoxy groups -OCH3 is 1. The third-order valence-electron chi connectivity index (χ3n) is 0.855. The molecule has 0 aliphatic heterocycles. The second kappa shape index (κ2) is 3.87. The van der Waals surface area contributed by atoms with Crippen LogP contribution in [-0.4, -0.2) is 26.2 Å². The third kappa shape index (κ3) is 2.11. The van der Waals surface area contributed by atoms with E-state index in [0.29, 0.717) is 0 Å². The molecule has 0 fully saturated rings. The molecule has 0 radical (unpaired) electrons. The molecule has 1 atom stereocenters. The number of hydrogen-bond acceptors (Lipinski definition) is 4. The number of carbonyl (C=O) groups is 1. The van der Waals surface area contributed by atoms with Gasteiger partial charge in [0.15, 0.2) is 6.04 Å². The molecule has 1 unspecified atom stereocenters. The normalized spacial score (nSPS) is 11.7. The fraction of sp³-hybridized carbons (Fsp3) is 0.600. The van der Waals surface area contributed by atoms with Crippen molar-refractivity contribution < 1.29 is 9.53 Å². The minimum Gasteiger partial charge on any atom is -0.467 e. The van der Waals surface area contributed by atoms with E-state index in [1.807, 2.05) is 0 Å². The summed E-state index contributed by atoms with van der Waals surface area (Å²) >= 11 is 0. The van der Waals surface area contributed by atoms with Crippen LogP contribution in [0, 0.1) is 11.3 Å². The maximum Gasteiger partial charge on any atom is 0.337 e. The molecule has 0 aromatic carbocycles. The molecule has 0 heterocycles. The van der Waals surface area contributed by atoms with E-state index in [9.17, 15) is 4.79 Å². The highest BCUT2D eigenvalue weighted by molar-refractivity contribution is 5.78. The van der Waals surface area contributed by atoms with Gasteiger partial charge >= 0.3 is 5.97 Å². The highest BCUT2D eigenvalue weighted by atomic mass is 16.5. The molecule has 0 saturated carbocycles. The maximum absolute atomic E-state index is 10.5. The fourth-order valence-corrected chi connectivity index (χ4v) is 0.353. The van der Waals surface area contributed by atoms with E-state index in [0.717, 1.165) is 0 Å². The first kappa shape index (κ1) is 7.92. The molecule has 0 aliphatic rings. The van der Waals surface area contributed by atoms with Crippen LogP contribution in [0.2, 0.25) is 0 Å². The Labute approximate surface area is 53.4 Å². The molecule has 50 valence electrons. The second-order valence-electron chi connectivity index (χ2n) is 1.37. The minimum atomic E-state index is -0.838. The van der Waals surface area contributed by atoms with Crippen LogP contribution in [0.4, 0.5) is 0 Å². The fourth-order valence-electron chi connectivity index (χ4n) is 0.353. The Hall–Kier alpha value is -1.08. The number of nitriles is 1. The van der Waals surface area contributed by atoms with Gasteiger partial charge in [-0.1, -0.05) is 0 Å². The van der Waals surface area contributed by atoms with Crippen molar-refractivity contribution in [3.05, 3.63) is 0 Å². The average molecular weight is 128 g/mol. The average Bonchev–Trinajstić information content (AvgIpc) is 1.90. The summed E-state index contributed by atoms with van der Waals surface area (Å²) in [4.78, 5) is 10.5. The Balaban J connectivity index is 3.84. The number of likely N-dealkylation sites (N-methyl/N-ethyl adjacent to an activating group) is 1. The number of carbonyl (C=O) groups excluding carboxylic acids is 1. The number of rotatable bonds is 2. The molecule has 1 N–H and O–H groups in total. The van der Waals surface area contributed by atoms with Gasteiger partial charge < -0.3 is 4.74 Å².